The van der Waals surface area contributed by atoms with Crippen LogP contribution in [0.3, 0.4) is 0 Å². The summed E-state index contributed by atoms with van der Waals surface area (Å²) in [6.45, 7) is 7.90. The van der Waals surface area contributed by atoms with Gasteiger partial charge in [0, 0.05) is 12.1 Å². The third kappa shape index (κ3) is 2.66. The summed E-state index contributed by atoms with van der Waals surface area (Å²) in [5, 5.41) is 16.3. The number of rotatable bonds is 6. The minimum atomic E-state index is -0.865. The highest BCUT2D eigenvalue weighted by Gasteiger charge is 2.34. The molecule has 0 saturated heterocycles. The Morgan fingerprint density at radius 3 is 2.35 bits per heavy atom. The Hall–Kier alpha value is -1.36. The van der Waals surface area contributed by atoms with Crippen molar-refractivity contribution < 1.29 is 14.4 Å². The second kappa shape index (κ2) is 5.31. The summed E-state index contributed by atoms with van der Waals surface area (Å²) in [4.78, 5) is 11.3. The van der Waals surface area contributed by atoms with E-state index in [1.54, 1.807) is 0 Å². The van der Waals surface area contributed by atoms with Crippen LogP contribution in [0.5, 0.6) is 0 Å². The van der Waals surface area contributed by atoms with Gasteiger partial charge >= 0.3 is 5.97 Å². The molecule has 0 aliphatic heterocycles. The molecular formula is C12H20N2O3. The maximum absolute atomic E-state index is 11.3. The first-order chi connectivity index (χ1) is 7.96. The first kappa shape index (κ1) is 13.7. The van der Waals surface area contributed by atoms with Crippen molar-refractivity contribution in [1.29, 1.82) is 0 Å². The van der Waals surface area contributed by atoms with Crippen molar-refractivity contribution in [2.75, 3.05) is 0 Å². The molecule has 0 fully saturated rings. The SMILES string of the molecule is CCC(CC)(NCc1c(C)noc1C)C(=O)O. The molecule has 1 rings (SSSR count). The van der Waals surface area contributed by atoms with Crippen LogP contribution in [0.1, 0.15) is 43.7 Å². The van der Waals surface area contributed by atoms with Gasteiger partial charge in [-0.15, -0.1) is 0 Å². The predicted octanol–water partition coefficient (Wildman–Crippen LogP) is 2.02. The minimum Gasteiger partial charge on any atom is -0.480 e. The third-order valence-corrected chi connectivity index (χ3v) is 3.40. The van der Waals surface area contributed by atoms with E-state index in [-0.39, 0.29) is 0 Å². The lowest BCUT2D eigenvalue weighted by atomic mass is 9.92. The van der Waals surface area contributed by atoms with E-state index in [4.69, 9.17) is 4.52 Å². The number of carboxylic acid groups (broad SMARTS) is 1. The number of aromatic nitrogens is 1. The van der Waals surface area contributed by atoms with Crippen LogP contribution in [-0.2, 0) is 11.3 Å². The van der Waals surface area contributed by atoms with E-state index >= 15 is 0 Å². The van der Waals surface area contributed by atoms with E-state index < -0.39 is 11.5 Å². The van der Waals surface area contributed by atoms with Gasteiger partial charge in [-0.3, -0.25) is 10.1 Å². The van der Waals surface area contributed by atoms with Gasteiger partial charge in [-0.05, 0) is 26.7 Å². The standard InChI is InChI=1S/C12H20N2O3/c1-5-12(6-2,11(15)16)13-7-10-8(3)14-17-9(10)4/h13H,5-7H2,1-4H3,(H,15,16). The number of carboxylic acids is 1. The Kier molecular flexibility index (Phi) is 4.28. The number of aliphatic carboxylic acids is 1. The van der Waals surface area contributed by atoms with E-state index in [0.29, 0.717) is 19.4 Å². The molecule has 1 heterocycles. The first-order valence-corrected chi connectivity index (χ1v) is 5.87. The summed E-state index contributed by atoms with van der Waals surface area (Å²) in [7, 11) is 0. The highest BCUT2D eigenvalue weighted by molar-refractivity contribution is 5.78. The molecule has 0 aliphatic carbocycles. The highest BCUT2D eigenvalue weighted by Crippen LogP contribution is 2.18. The summed E-state index contributed by atoms with van der Waals surface area (Å²) in [5.41, 5.74) is 0.884. The minimum absolute atomic E-state index is 0.467. The van der Waals surface area contributed by atoms with Gasteiger partial charge in [-0.1, -0.05) is 19.0 Å². The molecule has 1 aromatic rings. The van der Waals surface area contributed by atoms with Crippen molar-refractivity contribution >= 4 is 5.97 Å². The molecule has 0 unspecified atom stereocenters. The van der Waals surface area contributed by atoms with Crippen molar-refractivity contribution in [2.24, 2.45) is 0 Å². The Balaban J connectivity index is 2.81. The maximum atomic E-state index is 11.3. The van der Waals surface area contributed by atoms with E-state index in [9.17, 15) is 9.90 Å². The second-order valence-corrected chi connectivity index (χ2v) is 4.25. The summed E-state index contributed by atoms with van der Waals surface area (Å²) in [6, 6.07) is 0. The molecule has 5 nitrogen and oxygen atoms in total. The molecule has 0 amide bonds. The molecule has 2 N–H and O–H groups in total. The fourth-order valence-corrected chi connectivity index (χ4v) is 1.89. The van der Waals surface area contributed by atoms with E-state index in [0.717, 1.165) is 17.0 Å². The molecule has 1 aromatic heterocycles. The number of hydrogen-bond acceptors (Lipinski definition) is 4. The molecule has 0 bridgehead atoms. The van der Waals surface area contributed by atoms with Gasteiger partial charge in [0.2, 0.25) is 0 Å². The van der Waals surface area contributed by atoms with Gasteiger partial charge in [0.05, 0.1) is 5.69 Å². The molecular weight excluding hydrogens is 220 g/mol. The van der Waals surface area contributed by atoms with E-state index in [1.165, 1.54) is 0 Å². The van der Waals surface area contributed by atoms with Crippen molar-refractivity contribution in [2.45, 2.75) is 52.6 Å². The average Bonchev–Trinajstić information content (AvgIpc) is 2.61. The van der Waals surface area contributed by atoms with Crippen molar-refractivity contribution in [3.05, 3.63) is 17.0 Å². The molecule has 5 heteroatoms. The molecule has 0 radical (unpaired) electrons. The summed E-state index contributed by atoms with van der Waals surface area (Å²) in [6.07, 6.45) is 1.09. The fourth-order valence-electron chi connectivity index (χ4n) is 1.89. The Labute approximate surface area is 101 Å². The first-order valence-electron chi connectivity index (χ1n) is 5.87. The second-order valence-electron chi connectivity index (χ2n) is 4.25. The van der Waals surface area contributed by atoms with Gasteiger partial charge in [0.25, 0.3) is 0 Å². The molecule has 17 heavy (non-hydrogen) atoms. The summed E-state index contributed by atoms with van der Waals surface area (Å²) < 4.78 is 5.05. The van der Waals surface area contributed by atoms with Crippen LogP contribution in [0.2, 0.25) is 0 Å². The van der Waals surface area contributed by atoms with E-state index in [1.807, 2.05) is 27.7 Å². The Morgan fingerprint density at radius 2 is 2.00 bits per heavy atom. The summed E-state index contributed by atoms with van der Waals surface area (Å²) in [5.74, 6) is -0.0734. The number of aryl methyl sites for hydroxylation is 2. The largest absolute Gasteiger partial charge is 0.480 e. The molecule has 0 saturated carbocycles. The molecule has 0 aliphatic rings. The maximum Gasteiger partial charge on any atom is 0.323 e. The topological polar surface area (TPSA) is 75.4 Å². The van der Waals surface area contributed by atoms with Crippen LogP contribution in [0.15, 0.2) is 4.52 Å². The van der Waals surface area contributed by atoms with E-state index in [2.05, 4.69) is 10.5 Å². The zero-order chi connectivity index (χ0) is 13.1. The zero-order valence-corrected chi connectivity index (χ0v) is 10.8. The number of carbonyl (C=O) groups is 1. The lowest BCUT2D eigenvalue weighted by molar-refractivity contribution is -0.145. The van der Waals surface area contributed by atoms with Crippen LogP contribution >= 0.6 is 0 Å². The predicted molar refractivity (Wildman–Crippen MR) is 63.8 cm³/mol. The van der Waals surface area contributed by atoms with Crippen LogP contribution < -0.4 is 5.32 Å². The van der Waals surface area contributed by atoms with Crippen molar-refractivity contribution in [3.63, 3.8) is 0 Å². The summed E-state index contributed by atoms with van der Waals surface area (Å²) >= 11 is 0. The fraction of sp³-hybridized carbons (Fsp3) is 0.667. The normalized spacial score (nSPS) is 11.8. The Bertz CT molecular complexity index is 375. The lowest BCUT2D eigenvalue weighted by Crippen LogP contribution is -2.50. The molecule has 0 spiro atoms. The molecule has 0 aromatic carbocycles. The number of nitrogens with one attached hydrogen (secondary N) is 1. The molecule has 96 valence electrons. The highest BCUT2D eigenvalue weighted by atomic mass is 16.5. The lowest BCUT2D eigenvalue weighted by Gasteiger charge is -2.28. The third-order valence-electron chi connectivity index (χ3n) is 3.40. The van der Waals surface area contributed by atoms with Crippen molar-refractivity contribution in [1.82, 2.24) is 10.5 Å². The van der Waals surface area contributed by atoms with Crippen LogP contribution in [-0.4, -0.2) is 21.8 Å². The van der Waals surface area contributed by atoms with Gasteiger partial charge in [0.1, 0.15) is 11.3 Å². The quantitative estimate of drug-likeness (QED) is 0.795. The van der Waals surface area contributed by atoms with Crippen molar-refractivity contribution in [3.8, 4) is 0 Å². The van der Waals surface area contributed by atoms with Crippen LogP contribution in [0.25, 0.3) is 0 Å². The number of nitrogens with zero attached hydrogens (tertiary/aromatic N) is 1. The average molecular weight is 240 g/mol. The smallest absolute Gasteiger partial charge is 0.323 e. The zero-order valence-electron chi connectivity index (χ0n) is 10.8. The van der Waals surface area contributed by atoms with Gasteiger partial charge in [-0.2, -0.15) is 0 Å². The van der Waals surface area contributed by atoms with Crippen LogP contribution in [0.4, 0.5) is 0 Å². The van der Waals surface area contributed by atoms with Crippen LogP contribution in [0, 0.1) is 13.8 Å². The van der Waals surface area contributed by atoms with Gasteiger partial charge in [0.15, 0.2) is 0 Å². The van der Waals surface area contributed by atoms with Gasteiger partial charge in [-0.25, -0.2) is 0 Å². The Morgan fingerprint density at radius 1 is 1.41 bits per heavy atom. The molecule has 0 atom stereocenters. The monoisotopic (exact) mass is 240 g/mol. The van der Waals surface area contributed by atoms with Gasteiger partial charge < -0.3 is 9.63 Å². The number of hydrogen-bond donors (Lipinski definition) is 2.